The predicted octanol–water partition coefficient (Wildman–Crippen LogP) is 3.81. The predicted molar refractivity (Wildman–Crippen MR) is 114 cm³/mol. The van der Waals surface area contributed by atoms with Crippen LogP contribution >= 0.6 is 0 Å². The Hall–Kier alpha value is -3.19. The molecule has 2 aromatic carbocycles. The Labute approximate surface area is 181 Å². The fourth-order valence-electron chi connectivity index (χ4n) is 4.14. The largest absolute Gasteiger partial charge is 0.489 e. The maximum atomic E-state index is 12.7. The van der Waals surface area contributed by atoms with E-state index < -0.39 is 0 Å². The third-order valence-corrected chi connectivity index (χ3v) is 5.89. The van der Waals surface area contributed by atoms with E-state index in [9.17, 15) is 4.79 Å². The summed E-state index contributed by atoms with van der Waals surface area (Å²) in [4.78, 5) is 19.1. The highest BCUT2D eigenvalue weighted by molar-refractivity contribution is 5.79. The molecule has 2 saturated heterocycles. The van der Waals surface area contributed by atoms with Crippen molar-refractivity contribution in [1.82, 2.24) is 15.0 Å². The third-order valence-electron chi connectivity index (χ3n) is 5.89. The SMILES string of the molecule is O=C(C1CCOCC1)N1CCC(Oc2ccc(-c3noc(-c4ccccc4)n3)cc2)C1. The van der Waals surface area contributed by atoms with Gasteiger partial charge in [-0.25, -0.2) is 0 Å². The molecule has 0 N–H and O–H groups in total. The van der Waals surface area contributed by atoms with Crippen molar-refractivity contribution < 1.29 is 18.8 Å². The minimum Gasteiger partial charge on any atom is -0.489 e. The van der Waals surface area contributed by atoms with Crippen LogP contribution in [0.15, 0.2) is 59.1 Å². The summed E-state index contributed by atoms with van der Waals surface area (Å²) in [5.74, 6) is 2.16. The van der Waals surface area contributed by atoms with E-state index in [4.69, 9.17) is 14.0 Å². The lowest BCUT2D eigenvalue weighted by molar-refractivity contribution is -0.137. The number of aromatic nitrogens is 2. The van der Waals surface area contributed by atoms with E-state index in [1.165, 1.54) is 0 Å². The Bertz CT molecular complexity index is 1010. The van der Waals surface area contributed by atoms with Crippen LogP contribution < -0.4 is 4.74 Å². The van der Waals surface area contributed by atoms with Gasteiger partial charge in [0.1, 0.15) is 11.9 Å². The van der Waals surface area contributed by atoms with Crippen LogP contribution in [0.3, 0.4) is 0 Å². The highest BCUT2D eigenvalue weighted by atomic mass is 16.5. The molecule has 1 atom stereocenters. The summed E-state index contributed by atoms with van der Waals surface area (Å²) in [6.07, 6.45) is 2.51. The molecule has 2 fully saturated rings. The molecule has 0 radical (unpaired) electrons. The van der Waals surface area contributed by atoms with Crippen LogP contribution in [-0.4, -0.2) is 53.4 Å². The number of hydrogen-bond acceptors (Lipinski definition) is 6. The van der Waals surface area contributed by atoms with Gasteiger partial charge in [0.25, 0.3) is 5.89 Å². The molecule has 3 aromatic rings. The number of carbonyl (C=O) groups excluding carboxylic acids is 1. The molecule has 0 saturated carbocycles. The smallest absolute Gasteiger partial charge is 0.258 e. The van der Waals surface area contributed by atoms with E-state index >= 15 is 0 Å². The van der Waals surface area contributed by atoms with Gasteiger partial charge in [-0.2, -0.15) is 4.98 Å². The number of ether oxygens (including phenoxy) is 2. The van der Waals surface area contributed by atoms with Gasteiger partial charge in [-0.3, -0.25) is 4.79 Å². The van der Waals surface area contributed by atoms with Crippen LogP contribution in [0.4, 0.5) is 0 Å². The lowest BCUT2D eigenvalue weighted by atomic mass is 9.99. The third kappa shape index (κ3) is 4.46. The first-order chi connectivity index (χ1) is 15.3. The molecular weight excluding hydrogens is 394 g/mol. The molecular formula is C24H25N3O4. The van der Waals surface area contributed by atoms with Gasteiger partial charge in [0.05, 0.1) is 6.54 Å². The minimum absolute atomic E-state index is 0.0181. The maximum Gasteiger partial charge on any atom is 0.258 e. The second kappa shape index (κ2) is 8.89. The molecule has 1 amide bonds. The zero-order chi connectivity index (χ0) is 21.0. The summed E-state index contributed by atoms with van der Waals surface area (Å²) in [5, 5.41) is 4.09. The number of rotatable bonds is 5. The number of hydrogen-bond donors (Lipinski definition) is 0. The Kier molecular flexibility index (Phi) is 5.67. The molecule has 7 heteroatoms. The highest BCUT2D eigenvalue weighted by Gasteiger charge is 2.32. The zero-order valence-corrected chi connectivity index (χ0v) is 17.3. The standard InChI is InChI=1S/C24H25N3O4/c28-24(19-11-14-29-15-12-19)27-13-10-21(16-27)30-20-8-6-17(7-9-20)22-25-23(31-26-22)18-4-2-1-3-5-18/h1-9,19,21H,10-16H2. The average molecular weight is 419 g/mol. The van der Waals surface area contributed by atoms with Gasteiger partial charge in [0.2, 0.25) is 11.7 Å². The maximum absolute atomic E-state index is 12.7. The molecule has 31 heavy (non-hydrogen) atoms. The molecule has 0 aliphatic carbocycles. The Morgan fingerprint density at radius 1 is 0.968 bits per heavy atom. The summed E-state index contributed by atoms with van der Waals surface area (Å²) in [7, 11) is 0. The minimum atomic E-state index is 0.0181. The molecule has 0 bridgehead atoms. The second-order valence-corrected chi connectivity index (χ2v) is 8.01. The molecule has 1 unspecified atom stereocenters. The van der Waals surface area contributed by atoms with Crippen molar-refractivity contribution in [3.63, 3.8) is 0 Å². The number of amides is 1. The first-order valence-electron chi connectivity index (χ1n) is 10.8. The highest BCUT2D eigenvalue weighted by Crippen LogP contribution is 2.26. The lowest BCUT2D eigenvalue weighted by Crippen LogP contribution is -2.38. The number of carbonyl (C=O) groups is 1. The van der Waals surface area contributed by atoms with Gasteiger partial charge in [0.15, 0.2) is 0 Å². The Morgan fingerprint density at radius 3 is 2.52 bits per heavy atom. The number of likely N-dealkylation sites (tertiary alicyclic amines) is 1. The van der Waals surface area contributed by atoms with Gasteiger partial charge in [-0.15, -0.1) is 0 Å². The molecule has 1 aromatic heterocycles. The second-order valence-electron chi connectivity index (χ2n) is 8.01. The average Bonchev–Trinajstić information content (AvgIpc) is 3.51. The van der Waals surface area contributed by atoms with E-state index in [0.29, 0.717) is 31.5 Å². The number of nitrogens with zero attached hydrogens (tertiary/aromatic N) is 3. The van der Waals surface area contributed by atoms with Crippen molar-refractivity contribution in [2.45, 2.75) is 25.4 Å². The van der Waals surface area contributed by atoms with Crippen molar-refractivity contribution in [2.24, 2.45) is 5.92 Å². The fourth-order valence-corrected chi connectivity index (χ4v) is 4.14. The van der Waals surface area contributed by atoms with E-state index in [1.54, 1.807) is 0 Å². The van der Waals surface area contributed by atoms with Gasteiger partial charge in [0, 0.05) is 43.2 Å². The zero-order valence-electron chi connectivity index (χ0n) is 17.3. The van der Waals surface area contributed by atoms with Crippen molar-refractivity contribution >= 4 is 5.91 Å². The summed E-state index contributed by atoms with van der Waals surface area (Å²) in [6.45, 7) is 2.76. The van der Waals surface area contributed by atoms with Gasteiger partial charge >= 0.3 is 0 Å². The first-order valence-corrected chi connectivity index (χ1v) is 10.8. The van der Waals surface area contributed by atoms with Crippen LogP contribution in [0.25, 0.3) is 22.8 Å². The van der Waals surface area contributed by atoms with Crippen molar-refractivity contribution in [3.05, 3.63) is 54.6 Å². The normalized spacial score (nSPS) is 19.5. The van der Waals surface area contributed by atoms with Crippen molar-refractivity contribution in [2.75, 3.05) is 26.3 Å². The first kappa shape index (κ1) is 19.8. The lowest BCUT2D eigenvalue weighted by Gasteiger charge is -2.26. The van der Waals surface area contributed by atoms with Crippen molar-refractivity contribution in [3.8, 4) is 28.6 Å². The van der Waals surface area contributed by atoms with Crippen LogP contribution in [0.2, 0.25) is 0 Å². The molecule has 2 aliphatic heterocycles. The molecule has 3 heterocycles. The van der Waals surface area contributed by atoms with Crippen LogP contribution in [0.5, 0.6) is 5.75 Å². The fraction of sp³-hybridized carbons (Fsp3) is 0.375. The van der Waals surface area contributed by atoms with Crippen LogP contribution in [-0.2, 0) is 9.53 Å². The van der Waals surface area contributed by atoms with E-state index in [0.717, 1.165) is 42.7 Å². The van der Waals surface area contributed by atoms with Gasteiger partial charge in [-0.1, -0.05) is 23.4 Å². The summed E-state index contributed by atoms with van der Waals surface area (Å²) < 4.78 is 16.9. The van der Waals surface area contributed by atoms with Gasteiger partial charge in [-0.05, 0) is 49.2 Å². The van der Waals surface area contributed by atoms with Crippen LogP contribution in [0, 0.1) is 5.92 Å². The van der Waals surface area contributed by atoms with E-state index in [-0.39, 0.29) is 17.9 Å². The molecule has 5 rings (SSSR count). The summed E-state index contributed by atoms with van der Waals surface area (Å²) >= 11 is 0. The molecule has 2 aliphatic rings. The van der Waals surface area contributed by atoms with E-state index in [1.807, 2.05) is 59.5 Å². The van der Waals surface area contributed by atoms with Gasteiger partial charge < -0.3 is 18.9 Å². The Morgan fingerprint density at radius 2 is 1.74 bits per heavy atom. The summed E-state index contributed by atoms with van der Waals surface area (Å²) in [6, 6.07) is 17.4. The molecule has 0 spiro atoms. The topological polar surface area (TPSA) is 77.7 Å². The van der Waals surface area contributed by atoms with Crippen molar-refractivity contribution in [1.29, 1.82) is 0 Å². The monoisotopic (exact) mass is 419 g/mol. The Balaban J connectivity index is 1.18. The van der Waals surface area contributed by atoms with Crippen LogP contribution in [0.1, 0.15) is 19.3 Å². The summed E-state index contributed by atoms with van der Waals surface area (Å²) in [5.41, 5.74) is 1.75. The quantitative estimate of drug-likeness (QED) is 0.626. The van der Waals surface area contributed by atoms with E-state index in [2.05, 4.69) is 10.1 Å². The molecule has 160 valence electrons. The number of benzene rings is 2. The molecule has 7 nitrogen and oxygen atoms in total.